The molecule has 6 nitrogen and oxygen atoms in total. The van der Waals surface area contributed by atoms with Crippen LogP contribution in [0.1, 0.15) is 58.1 Å². The van der Waals surface area contributed by atoms with Gasteiger partial charge in [0.15, 0.2) is 0 Å². The maximum absolute atomic E-state index is 10.0. The number of hydrogen-bond donors (Lipinski definition) is 3. The maximum atomic E-state index is 10.0. The van der Waals surface area contributed by atoms with Crippen LogP contribution in [0.15, 0.2) is 108 Å². The number of aryl methyl sites for hydroxylation is 1. The molecule has 0 saturated heterocycles. The standard InChI is InChI=1S/C21H29N3O.C11H11N.C6H14O.CH2S/c1-7-10-16(13-15(4)8-2)21(23-20(22)9-3)18-14-17(25)11-12-19(18)24(5)6;1-8-6-7-11(12)10-5-3-2-4-9(8)10;1-3-5-7-6-4-2;1-2/h7-12,14,20,25H,1,3,13,22H2,2,4-6H3;2-7H,12H2,1H3;3-6H2,1-2H3;1H2/b15-8-,16-10?,23-21-;;;. The largest absolute Gasteiger partial charge is 0.508 e. The first-order valence-corrected chi connectivity index (χ1v) is 16.1. The Morgan fingerprint density at radius 2 is 1.63 bits per heavy atom. The van der Waals surface area contributed by atoms with Crippen molar-refractivity contribution >= 4 is 45.9 Å². The first-order chi connectivity index (χ1) is 22.0. The molecule has 0 saturated carbocycles. The summed E-state index contributed by atoms with van der Waals surface area (Å²) in [5, 5.41) is 12.4. The summed E-state index contributed by atoms with van der Waals surface area (Å²) in [6, 6.07) is 17.5. The van der Waals surface area contributed by atoms with E-state index in [4.69, 9.17) is 16.2 Å². The van der Waals surface area contributed by atoms with Crippen LogP contribution >= 0.6 is 12.2 Å². The Kier molecular flexibility index (Phi) is 22.1. The number of allylic oxidation sites excluding steroid dienone is 5. The number of anilines is 2. The zero-order valence-electron chi connectivity index (χ0n) is 29.1. The monoisotopic (exact) mass is 644 g/mol. The molecule has 0 spiro atoms. The Balaban J connectivity index is 0.000000787. The Morgan fingerprint density at radius 3 is 2.13 bits per heavy atom. The van der Waals surface area contributed by atoms with Gasteiger partial charge in [-0.2, -0.15) is 0 Å². The maximum Gasteiger partial charge on any atom is 0.116 e. The molecular formula is C39H56N4O2S. The van der Waals surface area contributed by atoms with Gasteiger partial charge in [0.25, 0.3) is 0 Å². The molecule has 3 rings (SSSR count). The van der Waals surface area contributed by atoms with Gasteiger partial charge in [-0.1, -0.05) is 99.4 Å². The molecule has 0 aliphatic heterocycles. The normalized spacial score (nSPS) is 12.0. The Morgan fingerprint density at radius 1 is 1.02 bits per heavy atom. The molecule has 0 fully saturated rings. The molecule has 0 radical (unpaired) electrons. The van der Waals surface area contributed by atoms with Gasteiger partial charge in [-0.15, -0.1) is 0 Å². The summed E-state index contributed by atoms with van der Waals surface area (Å²) >= 11 is 3.83. The van der Waals surface area contributed by atoms with Gasteiger partial charge in [0.2, 0.25) is 0 Å². The minimum absolute atomic E-state index is 0.182. The number of benzene rings is 3. The van der Waals surface area contributed by atoms with Gasteiger partial charge in [-0.25, -0.2) is 0 Å². The third-order valence-electron chi connectivity index (χ3n) is 6.69. The summed E-state index contributed by atoms with van der Waals surface area (Å²) in [6.07, 6.45) is 9.79. The fourth-order valence-electron chi connectivity index (χ4n) is 4.26. The van der Waals surface area contributed by atoms with Crippen molar-refractivity contribution in [3.8, 4) is 5.75 Å². The van der Waals surface area contributed by atoms with Crippen molar-refractivity contribution in [3.05, 3.63) is 114 Å². The van der Waals surface area contributed by atoms with E-state index in [-0.39, 0.29) is 5.75 Å². The number of aromatic hydroxyl groups is 1. The van der Waals surface area contributed by atoms with Crippen LogP contribution in [0.4, 0.5) is 11.4 Å². The van der Waals surface area contributed by atoms with Gasteiger partial charge in [0, 0.05) is 49.6 Å². The van der Waals surface area contributed by atoms with Crippen molar-refractivity contribution in [1.82, 2.24) is 0 Å². The smallest absolute Gasteiger partial charge is 0.116 e. The SMILES string of the molecule is C=CC=C(C/C(C)=C\C)/C(=N/C(N)C=C)c1cc(O)ccc1N(C)C.C=S.CCCOCCC.Cc1ccc(N)c2ccccc12. The van der Waals surface area contributed by atoms with Gasteiger partial charge in [0.05, 0.1) is 5.71 Å². The molecular weight excluding hydrogens is 589 g/mol. The average Bonchev–Trinajstić information content (AvgIpc) is 3.06. The third kappa shape index (κ3) is 14.8. The Hall–Kier alpha value is -4.04. The number of ether oxygens (including phenoxy) is 1. The molecule has 1 atom stereocenters. The predicted octanol–water partition coefficient (Wildman–Crippen LogP) is 9.36. The number of nitrogens with two attached hydrogens (primary N) is 2. The molecule has 46 heavy (non-hydrogen) atoms. The number of phenolic OH excluding ortho intramolecular Hbond substituents is 1. The van der Waals surface area contributed by atoms with E-state index in [1.165, 1.54) is 16.5 Å². The van der Waals surface area contributed by atoms with Gasteiger partial charge in [0.1, 0.15) is 11.9 Å². The van der Waals surface area contributed by atoms with Gasteiger partial charge >= 0.3 is 0 Å². The van der Waals surface area contributed by atoms with Crippen molar-refractivity contribution in [1.29, 1.82) is 0 Å². The van der Waals surface area contributed by atoms with Gasteiger partial charge in [-0.05, 0) is 86.7 Å². The average molecular weight is 645 g/mol. The highest BCUT2D eigenvalue weighted by atomic mass is 32.1. The van der Waals surface area contributed by atoms with Crippen LogP contribution in [-0.2, 0) is 4.74 Å². The fraction of sp³-hybridized carbons (Fsp3) is 0.333. The van der Waals surface area contributed by atoms with E-state index in [0.717, 1.165) is 59.7 Å². The lowest BCUT2D eigenvalue weighted by Gasteiger charge is -2.21. The quantitative estimate of drug-likeness (QED) is 0.0454. The lowest BCUT2D eigenvalue weighted by atomic mass is 9.94. The highest BCUT2D eigenvalue weighted by Gasteiger charge is 2.17. The van der Waals surface area contributed by atoms with Crippen molar-refractivity contribution in [2.45, 2.75) is 60.0 Å². The molecule has 0 bridgehead atoms. The van der Waals surface area contributed by atoms with E-state index in [9.17, 15) is 5.11 Å². The molecule has 0 heterocycles. The number of hydrogen-bond acceptors (Lipinski definition) is 7. The van der Waals surface area contributed by atoms with E-state index in [0.29, 0.717) is 6.42 Å². The minimum Gasteiger partial charge on any atom is -0.508 e. The molecule has 0 aliphatic carbocycles. The zero-order chi connectivity index (χ0) is 35.1. The van der Waals surface area contributed by atoms with Crippen molar-refractivity contribution in [2.24, 2.45) is 10.7 Å². The van der Waals surface area contributed by atoms with E-state index >= 15 is 0 Å². The topological polar surface area (TPSA) is 97.1 Å². The molecule has 250 valence electrons. The van der Waals surface area contributed by atoms with E-state index in [1.54, 1.807) is 24.3 Å². The Bertz CT molecular complexity index is 1400. The predicted molar refractivity (Wildman–Crippen MR) is 209 cm³/mol. The molecule has 0 amide bonds. The molecule has 7 heteroatoms. The van der Waals surface area contributed by atoms with Gasteiger partial charge in [-0.3, -0.25) is 4.99 Å². The lowest BCUT2D eigenvalue weighted by Crippen LogP contribution is -2.21. The van der Waals surface area contributed by atoms with Crippen LogP contribution in [0.3, 0.4) is 0 Å². The van der Waals surface area contributed by atoms with Crippen molar-refractivity contribution in [3.63, 3.8) is 0 Å². The summed E-state index contributed by atoms with van der Waals surface area (Å²) in [4.78, 5) is 6.63. The van der Waals surface area contributed by atoms with Crippen LogP contribution in [0, 0.1) is 6.92 Å². The Labute approximate surface area is 283 Å². The number of phenols is 1. The highest BCUT2D eigenvalue weighted by molar-refractivity contribution is 7.77. The summed E-state index contributed by atoms with van der Waals surface area (Å²) in [5.74, 6) is 3.01. The molecule has 3 aromatic carbocycles. The number of nitrogen functional groups attached to an aromatic ring is 1. The molecule has 0 aromatic heterocycles. The minimum atomic E-state index is -0.536. The second-order valence-electron chi connectivity index (χ2n) is 10.7. The second-order valence-corrected chi connectivity index (χ2v) is 10.7. The van der Waals surface area contributed by atoms with Crippen LogP contribution in [0.2, 0.25) is 0 Å². The van der Waals surface area contributed by atoms with Crippen LogP contribution in [0.25, 0.3) is 10.8 Å². The number of aliphatic imine (C=N–C) groups is 1. The first kappa shape index (κ1) is 42.0. The van der Waals surface area contributed by atoms with E-state index in [2.05, 4.69) is 88.2 Å². The van der Waals surface area contributed by atoms with Crippen molar-refractivity contribution < 1.29 is 9.84 Å². The summed E-state index contributed by atoms with van der Waals surface area (Å²) in [6.45, 7) is 19.8. The number of rotatable bonds is 12. The lowest BCUT2D eigenvalue weighted by molar-refractivity contribution is 0.135. The van der Waals surface area contributed by atoms with E-state index in [1.807, 2.05) is 56.3 Å². The summed E-state index contributed by atoms with van der Waals surface area (Å²) < 4.78 is 5.13. The third-order valence-corrected chi connectivity index (χ3v) is 6.69. The highest BCUT2D eigenvalue weighted by Crippen LogP contribution is 2.29. The number of nitrogens with zero attached hydrogens (tertiary/aromatic N) is 2. The zero-order valence-corrected chi connectivity index (χ0v) is 29.9. The van der Waals surface area contributed by atoms with Gasteiger partial charge < -0.3 is 26.2 Å². The molecule has 1 unspecified atom stereocenters. The van der Waals surface area contributed by atoms with Crippen LogP contribution in [-0.4, -0.2) is 50.2 Å². The fourth-order valence-corrected chi connectivity index (χ4v) is 4.26. The molecule has 3 aromatic rings. The number of fused-ring (bicyclic) bond motifs is 1. The summed E-state index contributed by atoms with van der Waals surface area (Å²) in [5.41, 5.74) is 18.7. The molecule has 5 N–H and O–H groups in total. The van der Waals surface area contributed by atoms with E-state index < -0.39 is 6.17 Å². The van der Waals surface area contributed by atoms with Crippen molar-refractivity contribution in [2.75, 3.05) is 37.9 Å². The number of thiocarbonyl (C=S) groups is 1. The second kappa shape index (κ2) is 24.2. The van der Waals surface area contributed by atoms with Crippen LogP contribution < -0.4 is 16.4 Å². The summed E-state index contributed by atoms with van der Waals surface area (Å²) in [7, 11) is 3.91. The first-order valence-electron chi connectivity index (χ1n) is 15.5. The molecule has 0 aliphatic rings. The van der Waals surface area contributed by atoms with Crippen LogP contribution in [0.5, 0.6) is 5.75 Å².